The molecule has 164 valence electrons. The fraction of sp³-hybridized carbons (Fsp3) is 0.160. The Balaban J connectivity index is 2.26. The second kappa shape index (κ2) is 9.66. The number of ether oxygens (including phenoxy) is 2. The molecule has 0 amide bonds. The Morgan fingerprint density at radius 1 is 0.625 bits per heavy atom. The van der Waals surface area contributed by atoms with Crippen molar-refractivity contribution < 1.29 is 28.1 Å². The molecule has 0 aliphatic carbocycles. The highest BCUT2D eigenvalue weighted by molar-refractivity contribution is 6.36. The van der Waals surface area contributed by atoms with Crippen LogP contribution < -0.4 is 13.8 Å². The molecule has 0 bridgehead atoms. The summed E-state index contributed by atoms with van der Waals surface area (Å²) in [6, 6.07) is 19.0. The quantitative estimate of drug-likeness (QED) is 0.328. The molecular weight excluding hydrogens is 432 g/mol. The van der Waals surface area contributed by atoms with Crippen LogP contribution in [0.2, 0.25) is 0 Å². The molecule has 0 radical (unpaired) electrons. The lowest BCUT2D eigenvalue weighted by Crippen LogP contribution is -2.44. The van der Waals surface area contributed by atoms with Crippen molar-refractivity contribution in [2.75, 3.05) is 14.2 Å². The van der Waals surface area contributed by atoms with Gasteiger partial charge >= 0.3 is 0 Å². The first-order valence-corrected chi connectivity index (χ1v) is 9.99. The number of Topliss-reactive ketones (excluding diaryl/α,β-unsaturated/α-hetero) is 3. The number of halogens is 1. The molecule has 0 aliphatic rings. The van der Waals surface area contributed by atoms with E-state index in [4.69, 9.17) is 25.6 Å². The van der Waals surface area contributed by atoms with Crippen molar-refractivity contribution in [3.05, 3.63) is 89.5 Å². The van der Waals surface area contributed by atoms with E-state index in [0.29, 0.717) is 0 Å². The topological polar surface area (TPSA) is 78.9 Å². The lowest BCUT2D eigenvalue weighted by atomic mass is 9.70. The third-order valence-electron chi connectivity index (χ3n) is 5.28. The van der Waals surface area contributed by atoms with Crippen molar-refractivity contribution >= 4 is 29.2 Å². The zero-order chi connectivity index (χ0) is 23.3. The van der Waals surface area contributed by atoms with E-state index in [1.807, 2.05) is 0 Å². The highest BCUT2D eigenvalue weighted by atomic mass is 35.5. The summed E-state index contributed by atoms with van der Waals surface area (Å²) in [7, 11) is 2.81. The third kappa shape index (κ3) is 3.97. The number of carbonyl (C=O) groups is 3. The Bertz CT molecular complexity index is 1030. The number of ketones is 3. The minimum absolute atomic E-state index is 0.00324. The molecule has 0 N–H and O–H groups in total. The maximum Gasteiger partial charge on any atom is 0.188 e. The summed E-state index contributed by atoms with van der Waals surface area (Å²) < 4.78 is 15.4. The van der Waals surface area contributed by atoms with Crippen molar-refractivity contribution in [3.63, 3.8) is 0 Å². The molecule has 32 heavy (non-hydrogen) atoms. The predicted octanol–water partition coefficient (Wildman–Crippen LogP) is 5.19. The van der Waals surface area contributed by atoms with Crippen molar-refractivity contribution in [2.24, 2.45) is 5.41 Å². The molecule has 0 unspecified atom stereocenters. The van der Waals surface area contributed by atoms with Crippen LogP contribution in [0.25, 0.3) is 0 Å². The summed E-state index contributed by atoms with van der Waals surface area (Å²) >= 11 is 5.55. The maximum atomic E-state index is 13.8. The lowest BCUT2D eigenvalue weighted by Gasteiger charge is -2.27. The molecule has 0 aliphatic heterocycles. The molecule has 3 aromatic rings. The summed E-state index contributed by atoms with van der Waals surface area (Å²) in [5, 5.41) is 0. The van der Waals surface area contributed by atoms with Crippen LogP contribution in [-0.4, -0.2) is 31.6 Å². The summed E-state index contributed by atoms with van der Waals surface area (Å²) in [5.41, 5.74) is -1.97. The van der Waals surface area contributed by atoms with Crippen molar-refractivity contribution in [3.8, 4) is 17.2 Å². The molecule has 0 heterocycles. The Kier molecular flexibility index (Phi) is 6.95. The highest BCUT2D eigenvalue weighted by Crippen LogP contribution is 2.38. The van der Waals surface area contributed by atoms with Crippen molar-refractivity contribution in [2.45, 2.75) is 6.92 Å². The normalized spacial score (nSPS) is 10.9. The van der Waals surface area contributed by atoms with Gasteiger partial charge in [0, 0.05) is 0 Å². The van der Waals surface area contributed by atoms with E-state index in [-0.39, 0.29) is 33.9 Å². The van der Waals surface area contributed by atoms with Crippen molar-refractivity contribution in [1.82, 2.24) is 0 Å². The first kappa shape index (κ1) is 23.0. The van der Waals surface area contributed by atoms with Crippen LogP contribution in [0.3, 0.4) is 0 Å². The van der Waals surface area contributed by atoms with E-state index < -0.39 is 22.8 Å². The van der Waals surface area contributed by atoms with Crippen molar-refractivity contribution in [1.29, 1.82) is 0 Å². The molecular formula is C25H21ClO6. The largest absolute Gasteiger partial charge is 0.496 e. The zero-order valence-corrected chi connectivity index (χ0v) is 18.5. The number of rotatable bonds is 9. The number of para-hydroxylation sites is 3. The molecule has 0 aromatic heterocycles. The number of benzene rings is 3. The van der Waals surface area contributed by atoms with Gasteiger partial charge in [-0.3, -0.25) is 14.4 Å². The first-order chi connectivity index (χ1) is 15.4. The van der Waals surface area contributed by atoms with E-state index >= 15 is 0 Å². The van der Waals surface area contributed by atoms with Gasteiger partial charge in [0.05, 0.1) is 30.9 Å². The van der Waals surface area contributed by atoms with Gasteiger partial charge in [-0.1, -0.05) is 36.4 Å². The van der Waals surface area contributed by atoms with Gasteiger partial charge < -0.3 is 13.8 Å². The maximum absolute atomic E-state index is 13.8. The van der Waals surface area contributed by atoms with Crippen LogP contribution in [-0.2, 0) is 0 Å². The van der Waals surface area contributed by atoms with Crippen LogP contribution in [0.1, 0.15) is 38.0 Å². The molecule has 0 fully saturated rings. The SMILES string of the molecule is COc1ccccc1C(=O)C(C)(C(=O)c1ccccc1OC)C(=O)c1ccccc1OCl. The third-order valence-corrected chi connectivity index (χ3v) is 5.45. The minimum atomic E-state index is -2.16. The molecule has 0 saturated heterocycles. The average Bonchev–Trinajstić information content (AvgIpc) is 2.86. The van der Waals surface area contributed by atoms with Gasteiger partial charge in [-0.25, -0.2) is 0 Å². The number of hydrogen-bond acceptors (Lipinski definition) is 6. The van der Waals surface area contributed by atoms with Gasteiger partial charge in [0.15, 0.2) is 28.5 Å². The molecule has 6 nitrogen and oxygen atoms in total. The Morgan fingerprint density at radius 3 is 1.28 bits per heavy atom. The van der Waals surface area contributed by atoms with E-state index in [9.17, 15) is 14.4 Å². The van der Waals surface area contributed by atoms with E-state index in [1.54, 1.807) is 48.5 Å². The Labute approximate surface area is 190 Å². The zero-order valence-electron chi connectivity index (χ0n) is 17.8. The monoisotopic (exact) mass is 452 g/mol. The summed E-state index contributed by atoms with van der Waals surface area (Å²) in [6.07, 6.45) is 0. The van der Waals surface area contributed by atoms with Gasteiger partial charge in [-0.2, -0.15) is 0 Å². The van der Waals surface area contributed by atoms with E-state index in [2.05, 4.69) is 0 Å². The fourth-order valence-electron chi connectivity index (χ4n) is 3.50. The molecule has 0 saturated carbocycles. The fourth-order valence-corrected chi connectivity index (χ4v) is 3.64. The van der Waals surface area contributed by atoms with Crippen LogP contribution in [0, 0.1) is 5.41 Å². The molecule has 0 spiro atoms. The minimum Gasteiger partial charge on any atom is -0.496 e. The first-order valence-electron chi connectivity index (χ1n) is 9.68. The van der Waals surface area contributed by atoms with Gasteiger partial charge in [-0.15, -0.1) is 0 Å². The number of hydrogen-bond donors (Lipinski definition) is 0. The highest BCUT2D eigenvalue weighted by Gasteiger charge is 2.50. The van der Waals surface area contributed by atoms with Crippen LogP contribution in [0.15, 0.2) is 72.8 Å². The molecule has 0 atom stereocenters. The second-order valence-electron chi connectivity index (χ2n) is 7.09. The summed E-state index contributed by atoms with van der Waals surface area (Å²) in [5.74, 6) is -1.69. The lowest BCUT2D eigenvalue weighted by molar-refractivity contribution is 0.0610. The van der Waals surface area contributed by atoms with Crippen LogP contribution in [0.4, 0.5) is 0 Å². The number of carbonyl (C=O) groups excluding carboxylic acids is 3. The molecule has 3 rings (SSSR count). The van der Waals surface area contributed by atoms with Crippen LogP contribution in [0.5, 0.6) is 17.2 Å². The van der Waals surface area contributed by atoms with E-state index in [1.165, 1.54) is 45.4 Å². The van der Waals surface area contributed by atoms with Gasteiger partial charge in [-0.05, 0) is 43.3 Å². The Hall–Kier alpha value is -3.64. The Morgan fingerprint density at radius 2 is 0.938 bits per heavy atom. The summed E-state index contributed by atoms with van der Waals surface area (Å²) in [4.78, 5) is 41.5. The van der Waals surface area contributed by atoms with Crippen LogP contribution >= 0.6 is 11.9 Å². The summed E-state index contributed by atoms with van der Waals surface area (Å²) in [6.45, 7) is 1.30. The second-order valence-corrected chi connectivity index (χ2v) is 7.24. The average molecular weight is 453 g/mol. The van der Waals surface area contributed by atoms with Gasteiger partial charge in [0.1, 0.15) is 23.4 Å². The van der Waals surface area contributed by atoms with Gasteiger partial charge in [0.2, 0.25) is 0 Å². The predicted molar refractivity (Wildman–Crippen MR) is 120 cm³/mol. The van der Waals surface area contributed by atoms with E-state index in [0.717, 1.165) is 0 Å². The smallest absolute Gasteiger partial charge is 0.188 e. The molecule has 7 heteroatoms. The molecule has 3 aromatic carbocycles. The standard InChI is InChI=1S/C25H21ClO6/c1-25(22(27)16-10-4-7-13-19(16)30-2,23(28)17-11-5-8-14-20(17)31-3)24(29)18-12-6-9-15-21(18)32-26/h4-15H,1-3H3. The van der Waals surface area contributed by atoms with Gasteiger partial charge in [0.25, 0.3) is 0 Å². The number of methoxy groups -OCH3 is 2.